The maximum atomic E-state index is 13.4. The molecule has 3 aromatic rings. The number of anilines is 2. The van der Waals surface area contributed by atoms with E-state index in [-0.39, 0.29) is 5.91 Å². The van der Waals surface area contributed by atoms with Gasteiger partial charge in [0.2, 0.25) is 0 Å². The van der Waals surface area contributed by atoms with Gasteiger partial charge in [-0.25, -0.2) is 9.97 Å². The maximum absolute atomic E-state index is 13.4. The van der Waals surface area contributed by atoms with Crippen LogP contribution < -0.4 is 5.32 Å². The molecule has 1 fully saturated rings. The van der Waals surface area contributed by atoms with E-state index in [0.717, 1.165) is 42.7 Å². The van der Waals surface area contributed by atoms with Crippen molar-refractivity contribution < 1.29 is 4.79 Å². The molecule has 28 heavy (non-hydrogen) atoms. The molecule has 3 heterocycles. The highest BCUT2D eigenvalue weighted by molar-refractivity contribution is 6.33. The largest absolute Gasteiger partial charge is 0.353 e. The minimum Gasteiger partial charge on any atom is -0.353 e. The number of nitrogens with one attached hydrogen (secondary N) is 1. The van der Waals surface area contributed by atoms with Crippen molar-refractivity contribution in [1.29, 1.82) is 0 Å². The van der Waals surface area contributed by atoms with Crippen LogP contribution in [0, 0.1) is 6.92 Å². The van der Waals surface area contributed by atoms with E-state index in [4.69, 9.17) is 11.6 Å². The number of nitrogens with zero attached hydrogens (tertiary/aromatic N) is 3. The lowest BCUT2D eigenvalue weighted by atomic mass is 10.1. The number of aryl methyl sites for hydroxylation is 1. The third-order valence-corrected chi connectivity index (χ3v) is 5.46. The van der Waals surface area contributed by atoms with Crippen LogP contribution in [0.15, 0.2) is 42.6 Å². The molecule has 0 atom stereocenters. The Hall–Kier alpha value is -2.66. The first-order chi connectivity index (χ1) is 13.6. The number of hydrogen-bond acceptors (Lipinski definition) is 4. The van der Waals surface area contributed by atoms with Crippen molar-refractivity contribution >= 4 is 39.9 Å². The van der Waals surface area contributed by atoms with Gasteiger partial charge in [0, 0.05) is 30.4 Å². The van der Waals surface area contributed by atoms with Gasteiger partial charge < -0.3 is 10.2 Å². The minimum atomic E-state index is 0.00595. The van der Waals surface area contributed by atoms with Crippen LogP contribution in [-0.4, -0.2) is 33.9 Å². The molecule has 1 aromatic carbocycles. The number of carbonyl (C=O) groups is 1. The van der Waals surface area contributed by atoms with Crippen molar-refractivity contribution in [1.82, 2.24) is 14.9 Å². The van der Waals surface area contributed by atoms with Crippen molar-refractivity contribution in [3.05, 3.63) is 58.9 Å². The maximum Gasteiger partial charge on any atom is 0.257 e. The number of halogens is 1. The Kier molecular flexibility index (Phi) is 5.44. The molecule has 0 unspecified atom stereocenters. The fourth-order valence-electron chi connectivity index (χ4n) is 3.61. The monoisotopic (exact) mass is 394 g/mol. The van der Waals surface area contributed by atoms with Crippen molar-refractivity contribution in [2.24, 2.45) is 0 Å². The predicted octanol–water partition coefficient (Wildman–Crippen LogP) is 5.35. The minimum absolute atomic E-state index is 0.00595. The Balaban J connectivity index is 1.82. The zero-order chi connectivity index (χ0) is 19.5. The summed E-state index contributed by atoms with van der Waals surface area (Å²) in [6.07, 6.45) is 6.07. The lowest BCUT2D eigenvalue weighted by Crippen LogP contribution is -2.32. The second-order valence-electron chi connectivity index (χ2n) is 7.18. The number of fused-ring (bicyclic) bond motifs is 1. The van der Waals surface area contributed by atoms with Gasteiger partial charge in [-0.15, -0.1) is 0 Å². The second kappa shape index (κ2) is 8.15. The number of hydrogen-bond donors (Lipinski definition) is 1. The molecule has 0 spiro atoms. The van der Waals surface area contributed by atoms with Crippen molar-refractivity contribution in [2.75, 3.05) is 18.4 Å². The van der Waals surface area contributed by atoms with Crippen LogP contribution in [0.1, 0.15) is 41.7 Å². The van der Waals surface area contributed by atoms with E-state index in [1.165, 1.54) is 12.8 Å². The lowest BCUT2D eigenvalue weighted by Gasteiger charge is -2.23. The van der Waals surface area contributed by atoms with E-state index in [1.807, 2.05) is 48.2 Å². The van der Waals surface area contributed by atoms with E-state index in [2.05, 4.69) is 15.3 Å². The first-order valence-corrected chi connectivity index (χ1v) is 10.1. The fraction of sp³-hybridized carbons (Fsp3) is 0.318. The van der Waals surface area contributed by atoms with Gasteiger partial charge in [-0.2, -0.15) is 0 Å². The molecule has 0 bridgehead atoms. The summed E-state index contributed by atoms with van der Waals surface area (Å²) in [5.74, 6) is 0.00595. The molecular weight excluding hydrogens is 372 g/mol. The van der Waals surface area contributed by atoms with Gasteiger partial charge in [-0.3, -0.25) is 4.79 Å². The smallest absolute Gasteiger partial charge is 0.257 e. The molecule has 0 saturated carbocycles. The van der Waals surface area contributed by atoms with Crippen molar-refractivity contribution in [3.63, 3.8) is 0 Å². The second-order valence-corrected chi connectivity index (χ2v) is 7.59. The normalized spacial score (nSPS) is 14.7. The van der Waals surface area contributed by atoms with Gasteiger partial charge in [0.05, 0.1) is 22.0 Å². The third-order valence-electron chi connectivity index (χ3n) is 5.13. The molecule has 5 nitrogen and oxygen atoms in total. The quantitative estimate of drug-likeness (QED) is 0.650. The first-order valence-electron chi connectivity index (χ1n) is 9.70. The topological polar surface area (TPSA) is 58.1 Å². The zero-order valence-electron chi connectivity index (χ0n) is 15.9. The number of amides is 1. The van der Waals surface area contributed by atoms with Gasteiger partial charge >= 0.3 is 0 Å². The molecule has 6 heteroatoms. The van der Waals surface area contributed by atoms with Gasteiger partial charge in [0.15, 0.2) is 5.65 Å². The summed E-state index contributed by atoms with van der Waals surface area (Å²) in [4.78, 5) is 24.3. The number of benzene rings is 1. The van der Waals surface area contributed by atoms with Crippen LogP contribution in [0.25, 0.3) is 11.0 Å². The molecule has 144 valence electrons. The Morgan fingerprint density at radius 2 is 1.82 bits per heavy atom. The Labute approximate surface area is 169 Å². The number of pyridine rings is 2. The summed E-state index contributed by atoms with van der Waals surface area (Å²) < 4.78 is 0. The lowest BCUT2D eigenvalue weighted by molar-refractivity contribution is 0.0762. The molecule has 0 radical (unpaired) electrons. The number of rotatable bonds is 3. The first kappa shape index (κ1) is 18.7. The highest BCUT2D eigenvalue weighted by Gasteiger charge is 2.23. The standard InChI is InChI=1S/C22H23ClN4O/c1-15-10-11-16-20(26-19-9-5-4-8-18(19)23)17(14-24-21(16)25-15)22(28)27-12-6-2-3-7-13-27/h4-5,8-11,14H,2-3,6-7,12-13H2,1H3,(H,24,25,26). The van der Waals surface area contributed by atoms with Gasteiger partial charge in [0.1, 0.15) is 0 Å². The Morgan fingerprint density at radius 3 is 2.57 bits per heavy atom. The number of aromatic nitrogens is 2. The predicted molar refractivity (Wildman–Crippen MR) is 113 cm³/mol. The summed E-state index contributed by atoms with van der Waals surface area (Å²) in [7, 11) is 0. The highest BCUT2D eigenvalue weighted by Crippen LogP contribution is 2.32. The summed E-state index contributed by atoms with van der Waals surface area (Å²) >= 11 is 6.36. The van der Waals surface area contributed by atoms with Crippen LogP contribution in [0.3, 0.4) is 0 Å². The number of carbonyl (C=O) groups excluding carboxylic acids is 1. The van der Waals surface area contributed by atoms with E-state index in [1.54, 1.807) is 6.20 Å². The van der Waals surface area contributed by atoms with Crippen molar-refractivity contribution in [3.8, 4) is 0 Å². The average Bonchev–Trinajstić information content (AvgIpc) is 2.98. The van der Waals surface area contributed by atoms with Crippen LogP contribution in [-0.2, 0) is 0 Å². The van der Waals surface area contributed by atoms with Gasteiger partial charge in [0.25, 0.3) is 5.91 Å². The van der Waals surface area contributed by atoms with Gasteiger partial charge in [-0.05, 0) is 44.0 Å². The van der Waals surface area contributed by atoms with E-state index >= 15 is 0 Å². The van der Waals surface area contributed by atoms with Crippen LogP contribution in [0.2, 0.25) is 5.02 Å². The SMILES string of the molecule is Cc1ccc2c(Nc3ccccc3Cl)c(C(=O)N3CCCCCC3)cnc2n1. The van der Waals surface area contributed by atoms with E-state index < -0.39 is 0 Å². The molecule has 1 amide bonds. The molecule has 1 aliphatic rings. The zero-order valence-corrected chi connectivity index (χ0v) is 16.7. The number of likely N-dealkylation sites (tertiary alicyclic amines) is 1. The molecule has 2 aromatic heterocycles. The molecule has 0 aliphatic carbocycles. The third kappa shape index (κ3) is 3.80. The van der Waals surface area contributed by atoms with Crippen molar-refractivity contribution in [2.45, 2.75) is 32.6 Å². The summed E-state index contributed by atoms with van der Waals surface area (Å²) in [5, 5.41) is 4.79. The van der Waals surface area contributed by atoms with Crippen LogP contribution in [0.4, 0.5) is 11.4 Å². The summed E-state index contributed by atoms with van der Waals surface area (Å²) in [5.41, 5.74) is 3.51. The molecule has 4 rings (SSSR count). The Morgan fingerprint density at radius 1 is 1.07 bits per heavy atom. The molecule has 1 N–H and O–H groups in total. The molecule has 1 aliphatic heterocycles. The van der Waals surface area contributed by atoms with E-state index in [9.17, 15) is 4.79 Å². The molecular formula is C22H23ClN4O. The van der Waals surface area contributed by atoms with Gasteiger partial charge in [-0.1, -0.05) is 36.6 Å². The Bertz CT molecular complexity index is 1010. The summed E-state index contributed by atoms with van der Waals surface area (Å²) in [6.45, 7) is 3.50. The molecule has 1 saturated heterocycles. The highest BCUT2D eigenvalue weighted by atomic mass is 35.5. The average molecular weight is 395 g/mol. The fourth-order valence-corrected chi connectivity index (χ4v) is 3.79. The summed E-state index contributed by atoms with van der Waals surface area (Å²) in [6, 6.07) is 11.4. The van der Waals surface area contributed by atoms with Crippen LogP contribution in [0.5, 0.6) is 0 Å². The van der Waals surface area contributed by atoms with E-state index in [0.29, 0.717) is 21.9 Å². The number of para-hydroxylation sites is 1. The van der Waals surface area contributed by atoms with Crippen LogP contribution >= 0.6 is 11.6 Å².